The average molecular weight is 103 g/mol. The minimum Gasteiger partial charge on any atom is -0.330 e. The second-order valence-electron chi connectivity index (χ2n) is 1.02. The molecule has 0 rings (SSSR count). The molecular weight excluding hydrogens is 96.1 g/mol. The van der Waals surface area contributed by atoms with Gasteiger partial charge in [0.05, 0.1) is 5.75 Å². The highest BCUT2D eigenvalue weighted by molar-refractivity contribution is 7.93. The highest BCUT2D eigenvalue weighted by Gasteiger charge is 1.86. The maximum absolute atomic E-state index is 8.05. The van der Waals surface area contributed by atoms with Gasteiger partial charge in [0, 0.05) is 13.5 Å². The predicted octanol–water partition coefficient (Wildman–Crippen LogP) is 1.58. The second-order valence-corrected chi connectivity index (χ2v) is 1.57. The van der Waals surface area contributed by atoms with E-state index < -0.39 is 0 Å². The Morgan fingerprint density at radius 1 is 2.00 bits per heavy atom. The van der Waals surface area contributed by atoms with E-state index in [4.69, 9.17) is 4.55 Å². The van der Waals surface area contributed by atoms with E-state index in [1.54, 1.807) is 0 Å². The maximum Gasteiger partial charge on any atom is 0.109 e. The van der Waals surface area contributed by atoms with Crippen molar-refractivity contribution < 1.29 is 4.55 Å². The van der Waals surface area contributed by atoms with Gasteiger partial charge in [-0.1, -0.05) is 0 Å². The van der Waals surface area contributed by atoms with Gasteiger partial charge in [0.1, 0.15) is 5.57 Å². The first-order valence-electron chi connectivity index (χ1n) is 1.53. The lowest BCUT2D eigenvalue weighted by Crippen LogP contribution is -1.73. The van der Waals surface area contributed by atoms with Crippen LogP contribution in [-0.2, 0) is 0 Å². The molecule has 0 unspecified atom stereocenters. The van der Waals surface area contributed by atoms with E-state index in [1.807, 2.05) is 0 Å². The highest BCUT2D eigenvalue weighted by atomic mass is 32.2. The van der Waals surface area contributed by atoms with Crippen molar-refractivity contribution in [3.8, 4) is 0 Å². The van der Waals surface area contributed by atoms with E-state index in [9.17, 15) is 0 Å². The fourth-order valence-electron chi connectivity index (χ4n) is 0.0913. The van der Waals surface area contributed by atoms with Crippen molar-refractivity contribution in [2.45, 2.75) is 0 Å². The first-order valence-corrected chi connectivity index (χ1v) is 2.47. The van der Waals surface area contributed by atoms with E-state index in [2.05, 4.69) is 13.5 Å². The summed E-state index contributed by atoms with van der Waals surface area (Å²) in [5.41, 5.74) is 0.752. The van der Waals surface area contributed by atoms with Crippen molar-refractivity contribution in [2.24, 2.45) is 0 Å². The summed E-state index contributed by atoms with van der Waals surface area (Å²) in [7, 11) is 0. The Hall–Kier alpha value is -0.0800. The van der Waals surface area contributed by atoms with Crippen LogP contribution in [0.4, 0.5) is 0 Å². The van der Waals surface area contributed by atoms with E-state index in [-0.39, 0.29) is 0 Å². The third-order valence-corrected chi connectivity index (χ3v) is 0.806. The largest absolute Gasteiger partial charge is 0.330 e. The van der Waals surface area contributed by atoms with Crippen LogP contribution in [0, 0.1) is 6.92 Å². The van der Waals surface area contributed by atoms with Gasteiger partial charge in [-0.15, -0.1) is 0 Å². The summed E-state index contributed by atoms with van der Waals surface area (Å²) < 4.78 is 8.05. The highest BCUT2D eigenvalue weighted by Crippen LogP contribution is 1.96. The maximum atomic E-state index is 8.05. The van der Waals surface area contributed by atoms with Gasteiger partial charge < -0.3 is 4.55 Å². The van der Waals surface area contributed by atoms with Crippen LogP contribution in [0.3, 0.4) is 0 Å². The van der Waals surface area contributed by atoms with Crippen molar-refractivity contribution in [3.05, 3.63) is 19.1 Å². The van der Waals surface area contributed by atoms with E-state index in [1.165, 1.54) is 0 Å². The molecule has 0 heterocycles. The molecule has 0 aliphatic rings. The normalized spacial score (nSPS) is 8.17. The lowest BCUT2D eigenvalue weighted by atomic mass is 10.4. The molecule has 0 spiro atoms. The van der Waals surface area contributed by atoms with Crippen LogP contribution < -0.4 is 0 Å². The van der Waals surface area contributed by atoms with E-state index in [0.717, 1.165) is 17.6 Å². The van der Waals surface area contributed by atoms with Crippen LogP contribution in [0.1, 0.15) is 0 Å². The number of hydrogen-bond donors (Lipinski definition) is 1. The molecule has 0 aromatic heterocycles. The topological polar surface area (TPSA) is 20.2 Å². The molecule has 0 aliphatic carbocycles. The molecule has 1 nitrogen and oxygen atoms in total. The minimum atomic E-state index is 0.542. The lowest BCUT2D eigenvalue weighted by molar-refractivity contribution is 0.666. The minimum absolute atomic E-state index is 0.542. The fraction of sp³-hybridized carbons (Fsp3) is 0.250. The Kier molecular flexibility index (Phi) is 3.08. The summed E-state index contributed by atoms with van der Waals surface area (Å²) in [6.45, 7) is 6.91. The van der Waals surface area contributed by atoms with Crippen LogP contribution in [0.25, 0.3) is 0 Å². The molecule has 0 atom stereocenters. The van der Waals surface area contributed by atoms with Crippen molar-refractivity contribution in [2.75, 3.05) is 5.75 Å². The third kappa shape index (κ3) is 3.92. The zero-order valence-electron chi connectivity index (χ0n) is 3.48. The van der Waals surface area contributed by atoms with Gasteiger partial charge in [0.2, 0.25) is 0 Å². The molecule has 34 valence electrons. The summed E-state index contributed by atoms with van der Waals surface area (Å²) >= 11 is 0.748. The smallest absolute Gasteiger partial charge is 0.109 e. The molecule has 6 heavy (non-hydrogen) atoms. The van der Waals surface area contributed by atoms with E-state index in [0.29, 0.717) is 5.75 Å². The molecule has 0 aromatic carbocycles. The van der Waals surface area contributed by atoms with Gasteiger partial charge in [-0.3, -0.25) is 0 Å². The number of rotatable bonds is 2. The molecule has 0 amide bonds. The molecule has 2 heteroatoms. The zero-order valence-corrected chi connectivity index (χ0v) is 4.29. The first-order chi connectivity index (χ1) is 2.77. The summed E-state index contributed by atoms with van der Waals surface area (Å²) in [4.78, 5) is 0. The Balaban J connectivity index is 2.83. The molecule has 0 saturated carbocycles. The van der Waals surface area contributed by atoms with Gasteiger partial charge in [0.25, 0.3) is 0 Å². The summed E-state index contributed by atoms with van der Waals surface area (Å²) in [6.07, 6.45) is 0. The van der Waals surface area contributed by atoms with Gasteiger partial charge in [-0.2, -0.15) is 0 Å². The van der Waals surface area contributed by atoms with Gasteiger partial charge in [-0.25, -0.2) is 0 Å². The molecule has 0 radical (unpaired) electrons. The molecule has 0 bridgehead atoms. The quantitative estimate of drug-likeness (QED) is 0.423. The first kappa shape index (κ1) is 5.92. The Labute approximate surface area is 42.3 Å². The second kappa shape index (κ2) is 3.12. The lowest BCUT2D eigenvalue weighted by Gasteiger charge is -1.78. The van der Waals surface area contributed by atoms with Gasteiger partial charge >= 0.3 is 0 Å². The number of hydrogen-bond acceptors (Lipinski definition) is 2. The van der Waals surface area contributed by atoms with Crippen LogP contribution in [-0.4, -0.2) is 10.3 Å². The van der Waals surface area contributed by atoms with Crippen molar-refractivity contribution in [3.63, 3.8) is 0 Å². The van der Waals surface area contributed by atoms with Gasteiger partial charge in [0.15, 0.2) is 0 Å². The molecule has 0 fully saturated rings. The van der Waals surface area contributed by atoms with Crippen LogP contribution in [0.2, 0.25) is 0 Å². The third-order valence-electron chi connectivity index (χ3n) is 0.269. The van der Waals surface area contributed by atoms with Crippen molar-refractivity contribution >= 4 is 12.0 Å². The fourth-order valence-corrected chi connectivity index (χ4v) is 0.274. The van der Waals surface area contributed by atoms with E-state index >= 15 is 0 Å². The monoisotopic (exact) mass is 103 g/mol. The van der Waals surface area contributed by atoms with Crippen molar-refractivity contribution in [1.82, 2.24) is 0 Å². The molecular formula is C4H7OS+. The average Bonchev–Trinajstić information content (AvgIpc) is 1.35. The van der Waals surface area contributed by atoms with Crippen LogP contribution in [0.15, 0.2) is 12.2 Å². The summed E-state index contributed by atoms with van der Waals surface area (Å²) in [6, 6.07) is 0. The standard InChI is InChI=1S/C4H6OS/c1-4(2)3-6-5/h1-3H2/p+1. The Morgan fingerprint density at radius 2 is 2.50 bits per heavy atom. The summed E-state index contributed by atoms with van der Waals surface area (Å²) in [5.74, 6) is 0.542. The zero-order chi connectivity index (χ0) is 4.99. The molecule has 0 aliphatic heterocycles. The Morgan fingerprint density at radius 3 is 2.50 bits per heavy atom. The molecule has 0 aromatic rings. The SMILES string of the molecule is C=C([CH2+])CSO. The predicted molar refractivity (Wildman–Crippen MR) is 29.6 cm³/mol. The molecule has 0 saturated heterocycles. The Bertz CT molecular complexity index is 51.5. The van der Waals surface area contributed by atoms with Crippen LogP contribution in [0.5, 0.6) is 0 Å². The molecule has 1 N–H and O–H groups in total. The summed E-state index contributed by atoms with van der Waals surface area (Å²) in [5, 5.41) is 0. The van der Waals surface area contributed by atoms with Crippen LogP contribution >= 0.6 is 12.0 Å². The van der Waals surface area contributed by atoms with Gasteiger partial charge in [-0.05, 0) is 12.0 Å². The van der Waals surface area contributed by atoms with Crippen molar-refractivity contribution in [1.29, 1.82) is 0 Å².